The lowest BCUT2D eigenvalue weighted by Gasteiger charge is -2.22. The number of rotatable bonds is 8. The highest BCUT2D eigenvalue weighted by Gasteiger charge is 2.21. The average Bonchev–Trinajstić information content (AvgIpc) is 2.75. The zero-order valence-electron chi connectivity index (χ0n) is 16.3. The molecule has 0 bridgehead atoms. The number of hydrogen-bond donors (Lipinski definition) is 2. The molecule has 0 aliphatic heterocycles. The van der Waals surface area contributed by atoms with Crippen molar-refractivity contribution in [2.45, 2.75) is 18.9 Å². The fourth-order valence-electron chi connectivity index (χ4n) is 3.12. The molecular formula is C24H26N2O2. The van der Waals surface area contributed by atoms with E-state index in [1.807, 2.05) is 72.8 Å². The van der Waals surface area contributed by atoms with E-state index in [1.54, 1.807) is 7.11 Å². The largest absolute Gasteiger partial charge is 0.497 e. The van der Waals surface area contributed by atoms with Crippen LogP contribution >= 0.6 is 0 Å². The molecule has 3 aromatic carbocycles. The molecule has 0 heterocycles. The van der Waals surface area contributed by atoms with E-state index in [1.165, 1.54) is 5.56 Å². The lowest BCUT2D eigenvalue weighted by atomic mass is 9.99. The van der Waals surface area contributed by atoms with Gasteiger partial charge in [0.1, 0.15) is 11.8 Å². The van der Waals surface area contributed by atoms with E-state index in [9.17, 15) is 4.79 Å². The van der Waals surface area contributed by atoms with Crippen LogP contribution in [-0.4, -0.2) is 19.6 Å². The van der Waals surface area contributed by atoms with E-state index in [4.69, 9.17) is 4.74 Å². The van der Waals surface area contributed by atoms with Crippen molar-refractivity contribution in [3.8, 4) is 5.75 Å². The van der Waals surface area contributed by atoms with Gasteiger partial charge in [-0.05, 0) is 29.2 Å². The van der Waals surface area contributed by atoms with Crippen molar-refractivity contribution in [1.29, 1.82) is 0 Å². The minimum atomic E-state index is -0.446. The second-order valence-electron chi connectivity index (χ2n) is 6.78. The van der Waals surface area contributed by atoms with E-state index in [0.717, 1.165) is 5.56 Å². The smallest absolute Gasteiger partial charge is 0.246 e. The van der Waals surface area contributed by atoms with Crippen LogP contribution in [0.4, 0.5) is 5.69 Å². The number of benzene rings is 3. The summed E-state index contributed by atoms with van der Waals surface area (Å²) in [5.41, 5.74) is 2.89. The molecule has 3 rings (SSSR count). The number of methoxy groups -OCH3 is 1. The van der Waals surface area contributed by atoms with Gasteiger partial charge in [-0.1, -0.05) is 73.7 Å². The van der Waals surface area contributed by atoms with Gasteiger partial charge < -0.3 is 15.4 Å². The van der Waals surface area contributed by atoms with Crippen molar-refractivity contribution in [2.75, 3.05) is 19.0 Å². The molecule has 2 N–H and O–H groups in total. The zero-order chi connectivity index (χ0) is 19.8. The average molecular weight is 374 g/mol. The third-order valence-corrected chi connectivity index (χ3v) is 4.73. The van der Waals surface area contributed by atoms with E-state index >= 15 is 0 Å². The molecule has 0 saturated heterocycles. The Labute approximate surface area is 166 Å². The minimum absolute atomic E-state index is 0.0975. The third kappa shape index (κ3) is 5.21. The van der Waals surface area contributed by atoms with Crippen molar-refractivity contribution >= 4 is 11.6 Å². The Kier molecular flexibility index (Phi) is 6.82. The molecule has 4 nitrogen and oxygen atoms in total. The highest BCUT2D eigenvalue weighted by Crippen LogP contribution is 2.21. The van der Waals surface area contributed by atoms with E-state index < -0.39 is 6.04 Å². The maximum atomic E-state index is 13.0. The Bertz CT molecular complexity index is 881. The molecule has 2 atom stereocenters. The predicted molar refractivity (Wildman–Crippen MR) is 114 cm³/mol. The van der Waals surface area contributed by atoms with Gasteiger partial charge in [-0.25, -0.2) is 0 Å². The summed E-state index contributed by atoms with van der Waals surface area (Å²) >= 11 is 0. The Morgan fingerprint density at radius 3 is 2.18 bits per heavy atom. The number of carbonyl (C=O) groups excluding carboxylic acids is 1. The first kappa shape index (κ1) is 19.6. The number of anilines is 1. The van der Waals surface area contributed by atoms with Gasteiger partial charge in [-0.3, -0.25) is 4.79 Å². The number of hydrogen-bond acceptors (Lipinski definition) is 3. The topological polar surface area (TPSA) is 50.4 Å². The number of amides is 1. The molecular weight excluding hydrogens is 348 g/mol. The summed E-state index contributed by atoms with van der Waals surface area (Å²) in [5, 5.41) is 6.44. The van der Waals surface area contributed by atoms with Gasteiger partial charge >= 0.3 is 0 Å². The van der Waals surface area contributed by atoms with E-state index in [0.29, 0.717) is 18.0 Å². The van der Waals surface area contributed by atoms with Gasteiger partial charge in [0.15, 0.2) is 0 Å². The van der Waals surface area contributed by atoms with Gasteiger partial charge in [0, 0.05) is 18.3 Å². The van der Waals surface area contributed by atoms with E-state index in [2.05, 4.69) is 29.7 Å². The van der Waals surface area contributed by atoms with Crippen molar-refractivity contribution < 1.29 is 9.53 Å². The molecule has 28 heavy (non-hydrogen) atoms. The molecule has 144 valence electrons. The standard InChI is InChI=1S/C24H26N2O2/c1-18(19-10-5-3-6-11-19)17-25-23(20-12-7-4-8-13-20)24(27)26-21-14-9-15-22(16-21)28-2/h3-16,18,23,25H,17H2,1-2H3,(H,26,27)/t18-,23-/m0/s1. The van der Waals surface area contributed by atoms with Crippen LogP contribution in [0.25, 0.3) is 0 Å². The summed E-state index contributed by atoms with van der Waals surface area (Å²) in [7, 11) is 1.61. The van der Waals surface area contributed by atoms with Crippen LogP contribution < -0.4 is 15.4 Å². The molecule has 4 heteroatoms. The molecule has 1 amide bonds. The van der Waals surface area contributed by atoms with E-state index in [-0.39, 0.29) is 11.8 Å². The van der Waals surface area contributed by atoms with Gasteiger partial charge in [0.05, 0.1) is 7.11 Å². The van der Waals surface area contributed by atoms with Crippen molar-refractivity contribution in [3.63, 3.8) is 0 Å². The maximum absolute atomic E-state index is 13.0. The summed E-state index contributed by atoms with van der Waals surface area (Å²) in [6.45, 7) is 2.85. The first-order valence-electron chi connectivity index (χ1n) is 9.45. The molecule has 0 radical (unpaired) electrons. The number of ether oxygens (including phenoxy) is 1. The van der Waals surface area contributed by atoms with Crippen molar-refractivity contribution in [2.24, 2.45) is 0 Å². The second kappa shape index (κ2) is 9.72. The highest BCUT2D eigenvalue weighted by molar-refractivity contribution is 5.95. The lowest BCUT2D eigenvalue weighted by Crippen LogP contribution is -2.35. The molecule has 0 aromatic heterocycles. The number of nitrogens with one attached hydrogen (secondary N) is 2. The Morgan fingerprint density at radius 1 is 0.893 bits per heavy atom. The summed E-state index contributed by atoms with van der Waals surface area (Å²) in [5.74, 6) is 0.900. The lowest BCUT2D eigenvalue weighted by molar-refractivity contribution is -0.118. The molecule has 0 fully saturated rings. The van der Waals surface area contributed by atoms with Crippen LogP contribution in [0.5, 0.6) is 5.75 Å². The summed E-state index contributed by atoms with van der Waals surface area (Å²) in [6.07, 6.45) is 0. The Morgan fingerprint density at radius 2 is 1.54 bits per heavy atom. The molecule has 0 unspecified atom stereocenters. The fraction of sp³-hybridized carbons (Fsp3) is 0.208. The first-order chi connectivity index (χ1) is 13.7. The van der Waals surface area contributed by atoms with Crippen LogP contribution in [0.2, 0.25) is 0 Å². The molecule has 0 spiro atoms. The zero-order valence-corrected chi connectivity index (χ0v) is 16.3. The van der Waals surface area contributed by atoms with Crippen molar-refractivity contribution in [1.82, 2.24) is 5.32 Å². The van der Waals surface area contributed by atoms with Gasteiger partial charge in [0.25, 0.3) is 0 Å². The third-order valence-electron chi connectivity index (χ3n) is 4.73. The molecule has 0 aliphatic carbocycles. The normalized spacial score (nSPS) is 12.8. The molecule has 3 aromatic rings. The van der Waals surface area contributed by atoms with Crippen LogP contribution in [0, 0.1) is 0 Å². The van der Waals surface area contributed by atoms with Gasteiger partial charge in [-0.2, -0.15) is 0 Å². The quantitative estimate of drug-likeness (QED) is 0.597. The minimum Gasteiger partial charge on any atom is -0.497 e. The summed E-state index contributed by atoms with van der Waals surface area (Å²) in [4.78, 5) is 13.0. The second-order valence-corrected chi connectivity index (χ2v) is 6.78. The van der Waals surface area contributed by atoms with Crippen LogP contribution in [-0.2, 0) is 4.79 Å². The van der Waals surface area contributed by atoms with Crippen LogP contribution in [0.15, 0.2) is 84.9 Å². The van der Waals surface area contributed by atoms with Gasteiger partial charge in [0.2, 0.25) is 5.91 Å². The van der Waals surface area contributed by atoms with Gasteiger partial charge in [-0.15, -0.1) is 0 Å². The predicted octanol–water partition coefficient (Wildman–Crippen LogP) is 4.77. The van der Waals surface area contributed by atoms with Crippen molar-refractivity contribution in [3.05, 3.63) is 96.1 Å². The SMILES string of the molecule is COc1cccc(NC(=O)[C@@H](NC[C@H](C)c2ccccc2)c2ccccc2)c1. The fourth-order valence-corrected chi connectivity index (χ4v) is 3.12. The first-order valence-corrected chi connectivity index (χ1v) is 9.45. The van der Waals surface area contributed by atoms with Crippen LogP contribution in [0.1, 0.15) is 30.0 Å². The number of carbonyl (C=O) groups is 1. The highest BCUT2D eigenvalue weighted by atomic mass is 16.5. The summed E-state index contributed by atoms with van der Waals surface area (Å²) in [6, 6.07) is 27.0. The van der Waals surface area contributed by atoms with Crippen LogP contribution in [0.3, 0.4) is 0 Å². The summed E-state index contributed by atoms with van der Waals surface area (Å²) < 4.78 is 5.24. The maximum Gasteiger partial charge on any atom is 0.246 e. The molecule has 0 aliphatic rings. The Balaban J connectivity index is 1.74. The Hall–Kier alpha value is -3.11. The molecule has 0 saturated carbocycles. The monoisotopic (exact) mass is 374 g/mol.